The van der Waals surface area contributed by atoms with Crippen molar-refractivity contribution in [1.82, 2.24) is 0 Å². The smallest absolute Gasteiger partial charge is 0.306 e. The Kier molecular flexibility index (Phi) is 5.78. The standard InChI is InChI=1S/C20H26O4S/c1-6-20(7-2,16-8-11-18(23-4)12-9-16)17-10-13-19(15(3)14-17)24-25(5,21)22/h8-14H,6-7H2,1-5H3. The van der Waals surface area contributed by atoms with Gasteiger partial charge in [-0.2, -0.15) is 8.42 Å². The van der Waals surface area contributed by atoms with E-state index in [0.717, 1.165) is 36.0 Å². The molecule has 0 saturated heterocycles. The molecule has 0 aromatic heterocycles. The van der Waals surface area contributed by atoms with E-state index in [1.807, 2.05) is 31.2 Å². The molecule has 0 heterocycles. The Labute approximate surface area is 150 Å². The number of ether oxygens (including phenoxy) is 1. The predicted molar refractivity (Wildman–Crippen MR) is 101 cm³/mol. The highest BCUT2D eigenvalue weighted by atomic mass is 32.2. The van der Waals surface area contributed by atoms with Gasteiger partial charge >= 0.3 is 10.1 Å². The van der Waals surface area contributed by atoms with E-state index in [1.54, 1.807) is 13.2 Å². The Morgan fingerprint density at radius 3 is 1.96 bits per heavy atom. The first-order valence-corrected chi connectivity index (χ1v) is 10.2. The van der Waals surface area contributed by atoms with Crippen LogP contribution in [0, 0.1) is 6.92 Å². The van der Waals surface area contributed by atoms with Gasteiger partial charge in [-0.1, -0.05) is 38.1 Å². The summed E-state index contributed by atoms with van der Waals surface area (Å²) in [6.07, 6.45) is 2.92. The minimum Gasteiger partial charge on any atom is -0.497 e. The van der Waals surface area contributed by atoms with E-state index in [4.69, 9.17) is 8.92 Å². The molecule has 0 radical (unpaired) electrons. The molecule has 0 N–H and O–H groups in total. The lowest BCUT2D eigenvalue weighted by molar-refractivity contribution is 0.413. The average Bonchev–Trinajstić information content (AvgIpc) is 2.58. The Hall–Kier alpha value is -2.01. The maximum Gasteiger partial charge on any atom is 0.306 e. The van der Waals surface area contributed by atoms with Gasteiger partial charge in [0.2, 0.25) is 0 Å². The third-order valence-electron chi connectivity index (χ3n) is 4.82. The third-order valence-corrected chi connectivity index (χ3v) is 5.30. The molecule has 0 saturated carbocycles. The van der Waals surface area contributed by atoms with Crippen molar-refractivity contribution in [2.45, 2.75) is 39.0 Å². The van der Waals surface area contributed by atoms with Gasteiger partial charge in [-0.05, 0) is 54.7 Å². The van der Waals surface area contributed by atoms with Gasteiger partial charge in [-0.25, -0.2) is 0 Å². The number of hydrogen-bond acceptors (Lipinski definition) is 4. The average molecular weight is 362 g/mol. The quantitative estimate of drug-likeness (QED) is 0.683. The fourth-order valence-electron chi connectivity index (χ4n) is 3.35. The summed E-state index contributed by atoms with van der Waals surface area (Å²) in [4.78, 5) is 0. The molecule has 2 rings (SSSR count). The summed E-state index contributed by atoms with van der Waals surface area (Å²) < 4.78 is 33.1. The van der Waals surface area contributed by atoms with Crippen molar-refractivity contribution in [3.63, 3.8) is 0 Å². The molecule has 0 bridgehead atoms. The minimum absolute atomic E-state index is 0.138. The molecule has 4 nitrogen and oxygen atoms in total. The SMILES string of the molecule is CCC(CC)(c1ccc(OC)cc1)c1ccc(OS(C)(=O)=O)c(C)c1. The van der Waals surface area contributed by atoms with E-state index in [-0.39, 0.29) is 5.41 Å². The van der Waals surface area contributed by atoms with Crippen LogP contribution in [0.15, 0.2) is 42.5 Å². The molecule has 0 spiro atoms. The van der Waals surface area contributed by atoms with Crippen LogP contribution < -0.4 is 8.92 Å². The van der Waals surface area contributed by atoms with E-state index in [2.05, 4.69) is 26.0 Å². The Balaban J connectivity index is 2.50. The number of methoxy groups -OCH3 is 1. The second kappa shape index (κ2) is 7.48. The fraction of sp³-hybridized carbons (Fsp3) is 0.400. The summed E-state index contributed by atoms with van der Waals surface area (Å²) in [5, 5.41) is 0. The maximum atomic E-state index is 11.4. The van der Waals surface area contributed by atoms with Gasteiger partial charge in [0.25, 0.3) is 0 Å². The molecule has 136 valence electrons. The highest BCUT2D eigenvalue weighted by molar-refractivity contribution is 7.86. The van der Waals surface area contributed by atoms with Gasteiger partial charge in [-0.15, -0.1) is 0 Å². The molecule has 0 aliphatic heterocycles. The molecule has 0 fully saturated rings. The first-order valence-electron chi connectivity index (χ1n) is 8.41. The van der Waals surface area contributed by atoms with Crippen LogP contribution in [0.2, 0.25) is 0 Å². The molecular weight excluding hydrogens is 336 g/mol. The largest absolute Gasteiger partial charge is 0.497 e. The van der Waals surface area contributed by atoms with E-state index < -0.39 is 10.1 Å². The third kappa shape index (κ3) is 4.15. The molecule has 0 unspecified atom stereocenters. The summed E-state index contributed by atoms with van der Waals surface area (Å²) in [6.45, 7) is 6.21. The Bertz CT molecular complexity index is 819. The molecule has 25 heavy (non-hydrogen) atoms. The summed E-state index contributed by atoms with van der Waals surface area (Å²) in [7, 11) is -1.87. The molecule has 0 aliphatic carbocycles. The van der Waals surface area contributed by atoms with Gasteiger partial charge in [0.1, 0.15) is 11.5 Å². The Morgan fingerprint density at radius 2 is 1.52 bits per heavy atom. The van der Waals surface area contributed by atoms with Crippen LogP contribution in [0.5, 0.6) is 11.5 Å². The second-order valence-electron chi connectivity index (χ2n) is 6.29. The number of aryl methyl sites for hydroxylation is 1. The van der Waals surface area contributed by atoms with Crippen LogP contribution in [0.1, 0.15) is 43.4 Å². The number of benzene rings is 2. The topological polar surface area (TPSA) is 52.6 Å². The van der Waals surface area contributed by atoms with E-state index >= 15 is 0 Å². The van der Waals surface area contributed by atoms with Crippen molar-refractivity contribution in [1.29, 1.82) is 0 Å². The highest BCUT2D eigenvalue weighted by Crippen LogP contribution is 2.40. The molecule has 5 heteroatoms. The zero-order chi connectivity index (χ0) is 18.7. The summed E-state index contributed by atoms with van der Waals surface area (Å²) >= 11 is 0. The van der Waals surface area contributed by atoms with Gasteiger partial charge in [0, 0.05) is 5.41 Å². The fourth-order valence-corrected chi connectivity index (χ4v) is 3.86. The monoisotopic (exact) mass is 362 g/mol. The summed E-state index contributed by atoms with van der Waals surface area (Å²) in [5.41, 5.74) is 3.04. The lowest BCUT2D eigenvalue weighted by atomic mass is 9.70. The van der Waals surface area contributed by atoms with Crippen LogP contribution >= 0.6 is 0 Å². The van der Waals surface area contributed by atoms with Gasteiger partial charge in [-0.3, -0.25) is 0 Å². The van der Waals surface area contributed by atoms with Crippen molar-refractivity contribution in [3.8, 4) is 11.5 Å². The van der Waals surface area contributed by atoms with Gasteiger partial charge in [0.05, 0.1) is 13.4 Å². The zero-order valence-electron chi connectivity index (χ0n) is 15.5. The second-order valence-corrected chi connectivity index (χ2v) is 7.86. The van der Waals surface area contributed by atoms with E-state index in [0.29, 0.717) is 5.75 Å². The predicted octanol–water partition coefficient (Wildman–Crippen LogP) is 4.45. The molecule has 0 atom stereocenters. The van der Waals surface area contributed by atoms with Crippen molar-refractivity contribution in [2.24, 2.45) is 0 Å². The normalized spacial score (nSPS) is 12.0. The van der Waals surface area contributed by atoms with Crippen LogP contribution in [0.4, 0.5) is 0 Å². The van der Waals surface area contributed by atoms with Crippen LogP contribution in [-0.2, 0) is 15.5 Å². The van der Waals surface area contributed by atoms with Crippen molar-refractivity contribution >= 4 is 10.1 Å². The van der Waals surface area contributed by atoms with Crippen LogP contribution in [-0.4, -0.2) is 21.8 Å². The zero-order valence-corrected chi connectivity index (χ0v) is 16.3. The number of hydrogen-bond donors (Lipinski definition) is 0. The first kappa shape index (κ1) is 19.3. The maximum absolute atomic E-state index is 11.4. The molecule has 2 aromatic rings. The molecule has 0 amide bonds. The van der Waals surface area contributed by atoms with Crippen molar-refractivity contribution < 1.29 is 17.3 Å². The Morgan fingerprint density at radius 1 is 0.960 bits per heavy atom. The lowest BCUT2D eigenvalue weighted by Crippen LogP contribution is -2.26. The van der Waals surface area contributed by atoms with E-state index in [1.165, 1.54) is 5.56 Å². The molecular formula is C20H26O4S. The lowest BCUT2D eigenvalue weighted by Gasteiger charge is -2.34. The molecule has 2 aromatic carbocycles. The van der Waals surface area contributed by atoms with Crippen molar-refractivity contribution in [3.05, 3.63) is 59.2 Å². The first-order chi connectivity index (χ1) is 11.8. The van der Waals surface area contributed by atoms with Gasteiger partial charge < -0.3 is 8.92 Å². The van der Waals surface area contributed by atoms with Crippen LogP contribution in [0.25, 0.3) is 0 Å². The molecule has 0 aliphatic rings. The highest BCUT2D eigenvalue weighted by Gasteiger charge is 2.31. The minimum atomic E-state index is -3.53. The van der Waals surface area contributed by atoms with Crippen LogP contribution in [0.3, 0.4) is 0 Å². The number of rotatable bonds is 7. The van der Waals surface area contributed by atoms with Crippen molar-refractivity contribution in [2.75, 3.05) is 13.4 Å². The van der Waals surface area contributed by atoms with E-state index in [9.17, 15) is 8.42 Å². The summed E-state index contributed by atoms with van der Waals surface area (Å²) in [5.74, 6) is 1.21. The van der Waals surface area contributed by atoms with Gasteiger partial charge in [0.15, 0.2) is 0 Å². The summed E-state index contributed by atoms with van der Waals surface area (Å²) in [6, 6.07) is 13.9.